The van der Waals surface area contributed by atoms with Crippen molar-refractivity contribution < 1.29 is 18.0 Å². The second kappa shape index (κ2) is 12.6. The number of aromatic nitrogens is 4. The van der Waals surface area contributed by atoms with Crippen LogP contribution < -0.4 is 10.6 Å². The van der Waals surface area contributed by atoms with Crippen LogP contribution in [0.5, 0.6) is 0 Å². The Labute approximate surface area is 242 Å². The van der Waals surface area contributed by atoms with Gasteiger partial charge in [0.15, 0.2) is 0 Å². The topological polar surface area (TPSA) is 95.9 Å². The van der Waals surface area contributed by atoms with Gasteiger partial charge in [0, 0.05) is 36.3 Å². The SMILES string of the molecule is CCCN1CCCC(c2cc(C(=O)Nc3cnc(C)c(Nc4nccc(-c5cccnc5)n4)c3)cc(C(F)(F)F)c2)C1. The van der Waals surface area contributed by atoms with Gasteiger partial charge in [-0.3, -0.25) is 14.8 Å². The Morgan fingerprint density at radius 2 is 1.95 bits per heavy atom. The molecule has 1 atom stereocenters. The number of carbonyl (C=O) groups is 1. The molecule has 0 radical (unpaired) electrons. The summed E-state index contributed by atoms with van der Waals surface area (Å²) in [4.78, 5) is 32.8. The molecule has 42 heavy (non-hydrogen) atoms. The Morgan fingerprint density at radius 3 is 2.71 bits per heavy atom. The number of alkyl halides is 3. The van der Waals surface area contributed by atoms with E-state index in [1.54, 1.807) is 43.7 Å². The maximum absolute atomic E-state index is 13.9. The maximum atomic E-state index is 13.9. The minimum atomic E-state index is -4.57. The van der Waals surface area contributed by atoms with E-state index < -0.39 is 17.6 Å². The zero-order valence-electron chi connectivity index (χ0n) is 23.4. The molecule has 3 aromatic heterocycles. The van der Waals surface area contributed by atoms with Gasteiger partial charge in [0.05, 0.1) is 34.5 Å². The maximum Gasteiger partial charge on any atom is 0.416 e. The monoisotopic (exact) mass is 575 g/mol. The average molecular weight is 576 g/mol. The van der Waals surface area contributed by atoms with Crippen molar-refractivity contribution >= 4 is 23.2 Å². The van der Waals surface area contributed by atoms with Crippen LogP contribution >= 0.6 is 0 Å². The number of nitrogens with one attached hydrogen (secondary N) is 2. The Kier molecular flexibility index (Phi) is 8.77. The molecular formula is C31H32F3N7O. The van der Waals surface area contributed by atoms with Crippen molar-refractivity contribution in [1.29, 1.82) is 0 Å². The third-order valence-corrected chi connectivity index (χ3v) is 7.27. The Balaban J connectivity index is 1.37. The zero-order chi connectivity index (χ0) is 29.7. The first-order valence-corrected chi connectivity index (χ1v) is 13.9. The minimum absolute atomic E-state index is 0.0463. The molecule has 4 aromatic rings. The van der Waals surface area contributed by atoms with Crippen LogP contribution in [0.15, 0.2) is 67.3 Å². The molecule has 0 spiro atoms. The highest BCUT2D eigenvalue weighted by Gasteiger charge is 2.33. The largest absolute Gasteiger partial charge is 0.416 e. The molecule has 0 aliphatic carbocycles. The molecule has 1 aliphatic rings. The molecule has 1 aromatic carbocycles. The van der Waals surface area contributed by atoms with E-state index in [1.165, 1.54) is 12.3 Å². The number of benzene rings is 1. The fraction of sp³-hybridized carbons (Fsp3) is 0.323. The number of rotatable bonds is 8. The van der Waals surface area contributed by atoms with E-state index in [9.17, 15) is 18.0 Å². The van der Waals surface area contributed by atoms with E-state index >= 15 is 0 Å². The van der Waals surface area contributed by atoms with Crippen molar-refractivity contribution in [2.75, 3.05) is 30.3 Å². The molecule has 1 amide bonds. The summed E-state index contributed by atoms with van der Waals surface area (Å²) in [6.45, 7) is 6.38. The molecular weight excluding hydrogens is 543 g/mol. The highest BCUT2D eigenvalue weighted by molar-refractivity contribution is 6.04. The van der Waals surface area contributed by atoms with Gasteiger partial charge in [0.1, 0.15) is 0 Å². The summed E-state index contributed by atoms with van der Waals surface area (Å²) in [5.41, 5.74) is 2.64. The quantitative estimate of drug-likeness (QED) is 0.237. The van der Waals surface area contributed by atoms with Crippen LogP contribution in [0, 0.1) is 6.92 Å². The van der Waals surface area contributed by atoms with Gasteiger partial charge >= 0.3 is 6.18 Å². The molecule has 0 saturated carbocycles. The van der Waals surface area contributed by atoms with Crippen molar-refractivity contribution in [3.8, 4) is 11.3 Å². The molecule has 1 unspecified atom stereocenters. The molecule has 218 valence electrons. The molecule has 1 fully saturated rings. The van der Waals surface area contributed by atoms with Gasteiger partial charge in [0.25, 0.3) is 5.91 Å². The van der Waals surface area contributed by atoms with E-state index in [4.69, 9.17) is 0 Å². The van der Waals surface area contributed by atoms with Crippen LogP contribution in [0.3, 0.4) is 0 Å². The predicted octanol–water partition coefficient (Wildman–Crippen LogP) is 6.85. The summed E-state index contributed by atoms with van der Waals surface area (Å²) >= 11 is 0. The minimum Gasteiger partial charge on any atom is -0.322 e. The number of likely N-dealkylation sites (tertiary alicyclic amines) is 1. The van der Waals surface area contributed by atoms with Gasteiger partial charge in [-0.05, 0) is 93.2 Å². The van der Waals surface area contributed by atoms with Crippen molar-refractivity contribution in [3.05, 3.63) is 89.6 Å². The molecule has 11 heteroatoms. The Morgan fingerprint density at radius 1 is 1.10 bits per heavy atom. The predicted molar refractivity (Wildman–Crippen MR) is 156 cm³/mol. The number of nitrogens with zero attached hydrogens (tertiary/aromatic N) is 5. The number of amides is 1. The summed E-state index contributed by atoms with van der Waals surface area (Å²) in [5.74, 6) is -0.398. The van der Waals surface area contributed by atoms with Crippen LogP contribution in [-0.4, -0.2) is 50.4 Å². The first-order valence-electron chi connectivity index (χ1n) is 13.9. The second-order valence-electron chi connectivity index (χ2n) is 10.4. The summed E-state index contributed by atoms with van der Waals surface area (Å²) < 4.78 is 41.6. The fourth-order valence-corrected chi connectivity index (χ4v) is 5.17. The number of carbonyl (C=O) groups excluding carboxylic acids is 1. The lowest BCUT2D eigenvalue weighted by molar-refractivity contribution is -0.137. The van der Waals surface area contributed by atoms with E-state index in [0.717, 1.165) is 44.0 Å². The Hall–Kier alpha value is -4.38. The van der Waals surface area contributed by atoms with E-state index in [1.807, 2.05) is 12.1 Å². The number of aryl methyl sites for hydroxylation is 1. The number of anilines is 3. The standard InChI is InChI=1S/C31H32F3N7O/c1-3-11-41-12-5-7-22(19-41)23-13-24(15-25(14-23)31(32,33)34)29(42)38-26-16-28(20(2)37-18-26)40-30-36-10-8-27(39-30)21-6-4-9-35-17-21/h4,6,8-10,13-18,22H,3,5,7,11-12,19H2,1-2H3,(H,38,42)(H,36,39,40). The fourth-order valence-electron chi connectivity index (χ4n) is 5.17. The number of halogens is 3. The molecule has 5 rings (SSSR count). The molecule has 8 nitrogen and oxygen atoms in total. The lowest BCUT2D eigenvalue weighted by atomic mass is 9.88. The Bertz CT molecular complexity index is 1540. The smallest absolute Gasteiger partial charge is 0.322 e. The van der Waals surface area contributed by atoms with E-state index in [-0.39, 0.29) is 11.5 Å². The third-order valence-electron chi connectivity index (χ3n) is 7.27. The molecule has 1 saturated heterocycles. The molecule has 0 bridgehead atoms. The van der Waals surface area contributed by atoms with Crippen molar-refractivity contribution in [2.45, 2.75) is 45.2 Å². The summed E-state index contributed by atoms with van der Waals surface area (Å²) in [5, 5.41) is 5.84. The highest BCUT2D eigenvalue weighted by atomic mass is 19.4. The first kappa shape index (κ1) is 29.1. The number of pyridine rings is 2. The lowest BCUT2D eigenvalue weighted by Gasteiger charge is -2.33. The molecule has 4 heterocycles. The van der Waals surface area contributed by atoms with E-state index in [2.05, 4.69) is 42.4 Å². The summed E-state index contributed by atoms with van der Waals surface area (Å²) in [6, 6.07) is 10.8. The van der Waals surface area contributed by atoms with Gasteiger partial charge in [-0.1, -0.05) is 6.92 Å². The van der Waals surface area contributed by atoms with Crippen molar-refractivity contribution in [1.82, 2.24) is 24.8 Å². The molecule has 2 N–H and O–H groups in total. The third kappa shape index (κ3) is 7.09. The van der Waals surface area contributed by atoms with Gasteiger partial charge in [-0.25, -0.2) is 9.97 Å². The second-order valence-corrected chi connectivity index (χ2v) is 10.4. The first-order chi connectivity index (χ1) is 20.2. The average Bonchev–Trinajstić information content (AvgIpc) is 2.99. The zero-order valence-corrected chi connectivity index (χ0v) is 23.4. The molecule has 1 aliphatic heterocycles. The van der Waals surface area contributed by atoms with Crippen LogP contribution in [-0.2, 0) is 6.18 Å². The lowest BCUT2D eigenvalue weighted by Crippen LogP contribution is -2.35. The number of hydrogen-bond acceptors (Lipinski definition) is 7. The highest BCUT2D eigenvalue weighted by Crippen LogP contribution is 2.35. The van der Waals surface area contributed by atoms with Gasteiger partial charge in [0.2, 0.25) is 5.95 Å². The van der Waals surface area contributed by atoms with Crippen molar-refractivity contribution in [3.63, 3.8) is 0 Å². The van der Waals surface area contributed by atoms with Gasteiger partial charge in [-0.15, -0.1) is 0 Å². The summed E-state index contributed by atoms with van der Waals surface area (Å²) in [6.07, 6.45) is 4.54. The van der Waals surface area contributed by atoms with E-state index in [0.29, 0.717) is 40.8 Å². The van der Waals surface area contributed by atoms with Gasteiger partial charge in [-0.2, -0.15) is 13.2 Å². The number of piperidine rings is 1. The van der Waals surface area contributed by atoms with Crippen LogP contribution in [0.4, 0.5) is 30.5 Å². The number of hydrogen-bond donors (Lipinski definition) is 2. The normalized spacial score (nSPS) is 15.8. The van der Waals surface area contributed by atoms with Crippen molar-refractivity contribution in [2.24, 2.45) is 0 Å². The summed E-state index contributed by atoms with van der Waals surface area (Å²) in [7, 11) is 0. The van der Waals surface area contributed by atoms with Gasteiger partial charge < -0.3 is 15.5 Å². The van der Waals surface area contributed by atoms with Crippen LogP contribution in [0.2, 0.25) is 0 Å². The van der Waals surface area contributed by atoms with Crippen LogP contribution in [0.25, 0.3) is 11.3 Å². The van der Waals surface area contributed by atoms with Crippen LogP contribution in [0.1, 0.15) is 59.3 Å².